The van der Waals surface area contributed by atoms with E-state index in [1.54, 1.807) is 12.1 Å². The van der Waals surface area contributed by atoms with Gasteiger partial charge in [-0.1, -0.05) is 11.6 Å². The Morgan fingerprint density at radius 1 is 1.62 bits per heavy atom. The summed E-state index contributed by atoms with van der Waals surface area (Å²) < 4.78 is 5.61. The van der Waals surface area contributed by atoms with Crippen molar-refractivity contribution in [3.63, 3.8) is 0 Å². The van der Waals surface area contributed by atoms with Gasteiger partial charge in [0, 0.05) is 16.6 Å². The van der Waals surface area contributed by atoms with E-state index >= 15 is 0 Å². The van der Waals surface area contributed by atoms with E-state index < -0.39 is 0 Å². The van der Waals surface area contributed by atoms with Gasteiger partial charge < -0.3 is 4.84 Å². The molecule has 0 amide bonds. The zero-order valence-electron chi connectivity index (χ0n) is 6.62. The number of fused-ring (bicyclic) bond motifs is 1. The normalized spacial score (nSPS) is 10.7. The molecule has 1 heterocycles. The molecule has 2 aromatic rings. The lowest BCUT2D eigenvalue weighted by Crippen LogP contribution is -2.38. The van der Waals surface area contributed by atoms with E-state index in [1.807, 2.05) is 0 Å². The van der Waals surface area contributed by atoms with Crippen LogP contribution in [-0.4, -0.2) is 12.3 Å². The molecule has 0 atom stereocenters. The molecule has 0 aliphatic heterocycles. The Kier molecular flexibility index (Phi) is 2.13. The van der Waals surface area contributed by atoms with Crippen LogP contribution in [0, 0.1) is 0 Å². The monoisotopic (exact) mass is 263 g/mol. The first kappa shape index (κ1) is 8.77. The molecule has 4 nitrogen and oxygen atoms in total. The van der Waals surface area contributed by atoms with Crippen LogP contribution < -0.4 is 9.74 Å². The predicted octanol–water partition coefficient (Wildman–Crippen LogP) is 1.59. The lowest BCUT2D eigenvalue weighted by molar-refractivity contribution is -1.00. The molecule has 6 heteroatoms. The lowest BCUT2D eigenvalue weighted by Gasteiger charge is -1.90. The van der Waals surface area contributed by atoms with E-state index in [0.29, 0.717) is 10.5 Å². The average Bonchev–Trinajstić information content (AvgIpc) is 2.48. The second kappa shape index (κ2) is 3.16. The zero-order valence-corrected chi connectivity index (χ0v) is 8.96. The third kappa shape index (κ3) is 1.38. The Morgan fingerprint density at radius 3 is 3.08 bits per heavy atom. The van der Waals surface area contributed by atoms with Crippen molar-refractivity contribution in [2.75, 3.05) is 7.11 Å². The maximum Gasteiger partial charge on any atom is 0.280 e. The maximum absolute atomic E-state index is 5.86. The molecule has 0 radical (unpaired) electrons. The third-order valence-electron chi connectivity index (χ3n) is 1.59. The van der Waals surface area contributed by atoms with Crippen LogP contribution in [0.15, 0.2) is 21.2 Å². The Bertz CT molecular complexity index is 457. The minimum Gasteiger partial charge on any atom is -0.305 e. The predicted molar refractivity (Wildman–Crippen MR) is 49.4 cm³/mol. The van der Waals surface area contributed by atoms with Crippen LogP contribution in [0.4, 0.5) is 0 Å². The summed E-state index contributed by atoms with van der Waals surface area (Å²) >= 11 is 9.16. The van der Waals surface area contributed by atoms with Gasteiger partial charge in [-0.25, -0.2) is 0 Å². The maximum atomic E-state index is 5.86. The van der Waals surface area contributed by atoms with Crippen LogP contribution in [0.25, 0.3) is 11.0 Å². The van der Waals surface area contributed by atoms with E-state index in [4.69, 9.17) is 21.1 Å². The van der Waals surface area contributed by atoms with E-state index in [0.717, 1.165) is 9.99 Å². The number of aromatic nitrogens is 2. The SMILES string of the molecule is CO[n+]1onc2cc(Cl)c(Br)cc21. The standard InChI is InChI=1S/C7H5BrClN2O2/c1-12-11-7-2-4(8)5(9)3-6(7)10-13-11/h2-3H,1H3/q+1. The number of hydrogen-bond acceptors (Lipinski definition) is 3. The molecule has 0 bridgehead atoms. The number of halogens is 2. The van der Waals surface area contributed by atoms with Crippen molar-refractivity contribution in [2.45, 2.75) is 0 Å². The van der Waals surface area contributed by atoms with Gasteiger partial charge in [0.05, 0.1) is 5.02 Å². The highest BCUT2D eigenvalue weighted by Gasteiger charge is 2.18. The van der Waals surface area contributed by atoms with Gasteiger partial charge in [-0.15, -0.1) is 0 Å². The molecular formula is C7H5BrClN2O2+. The molecule has 1 aromatic heterocycles. The summed E-state index contributed by atoms with van der Waals surface area (Å²) in [6.07, 6.45) is 0. The Balaban J connectivity index is 2.77. The van der Waals surface area contributed by atoms with Gasteiger partial charge in [0.2, 0.25) is 0 Å². The smallest absolute Gasteiger partial charge is 0.280 e. The molecule has 0 saturated heterocycles. The minimum absolute atomic E-state index is 0.587. The molecule has 0 aliphatic rings. The molecule has 13 heavy (non-hydrogen) atoms. The zero-order chi connectivity index (χ0) is 9.42. The summed E-state index contributed by atoms with van der Waals surface area (Å²) in [5.41, 5.74) is 1.37. The first-order valence-electron chi connectivity index (χ1n) is 3.44. The van der Waals surface area contributed by atoms with Crippen LogP contribution >= 0.6 is 27.5 Å². The van der Waals surface area contributed by atoms with Crippen molar-refractivity contribution in [3.05, 3.63) is 21.6 Å². The highest BCUT2D eigenvalue weighted by atomic mass is 79.9. The lowest BCUT2D eigenvalue weighted by atomic mass is 10.3. The quantitative estimate of drug-likeness (QED) is 0.785. The largest absolute Gasteiger partial charge is 0.305 e. The summed E-state index contributed by atoms with van der Waals surface area (Å²) in [5.74, 6) is 0. The molecule has 0 spiro atoms. The van der Waals surface area contributed by atoms with Crippen molar-refractivity contribution >= 4 is 38.6 Å². The number of benzene rings is 1. The van der Waals surface area contributed by atoms with Gasteiger partial charge in [-0.2, -0.15) is 0 Å². The van der Waals surface area contributed by atoms with E-state index in [2.05, 4.69) is 21.1 Å². The van der Waals surface area contributed by atoms with Gasteiger partial charge in [0.1, 0.15) is 12.0 Å². The number of rotatable bonds is 1. The highest BCUT2D eigenvalue weighted by molar-refractivity contribution is 9.10. The van der Waals surface area contributed by atoms with Crippen molar-refractivity contribution in [3.8, 4) is 0 Å². The summed E-state index contributed by atoms with van der Waals surface area (Å²) in [7, 11) is 1.49. The van der Waals surface area contributed by atoms with Gasteiger partial charge in [-0.3, -0.25) is 0 Å². The highest BCUT2D eigenvalue weighted by Crippen LogP contribution is 2.25. The Hall–Kier alpha value is -0.810. The fourth-order valence-electron chi connectivity index (χ4n) is 1.00. The summed E-state index contributed by atoms with van der Waals surface area (Å²) in [6, 6.07) is 3.47. The van der Waals surface area contributed by atoms with E-state index in [-0.39, 0.29) is 0 Å². The summed E-state index contributed by atoms with van der Waals surface area (Å²) in [6.45, 7) is 0. The fraction of sp³-hybridized carbons (Fsp3) is 0.143. The summed E-state index contributed by atoms with van der Waals surface area (Å²) in [5, 5.41) is 4.34. The van der Waals surface area contributed by atoms with Gasteiger partial charge in [-0.05, 0) is 20.6 Å². The first-order chi connectivity index (χ1) is 6.22. The molecule has 0 aliphatic carbocycles. The number of nitrogens with zero attached hydrogens (tertiary/aromatic N) is 2. The molecule has 0 unspecified atom stereocenters. The van der Waals surface area contributed by atoms with E-state index in [1.165, 1.54) is 12.0 Å². The van der Waals surface area contributed by atoms with Crippen LogP contribution in [0.3, 0.4) is 0 Å². The Morgan fingerprint density at radius 2 is 2.38 bits per heavy atom. The second-order valence-corrected chi connectivity index (χ2v) is 3.63. The molecular weight excluding hydrogens is 259 g/mol. The molecule has 0 N–H and O–H groups in total. The minimum atomic E-state index is 0.587. The van der Waals surface area contributed by atoms with Crippen LogP contribution in [0.2, 0.25) is 5.02 Å². The van der Waals surface area contributed by atoms with E-state index in [9.17, 15) is 0 Å². The number of hydrogen-bond donors (Lipinski definition) is 0. The van der Waals surface area contributed by atoms with Crippen LogP contribution in [-0.2, 0) is 0 Å². The van der Waals surface area contributed by atoms with Gasteiger partial charge in [0.15, 0.2) is 5.16 Å². The van der Waals surface area contributed by atoms with Gasteiger partial charge in [0.25, 0.3) is 11.0 Å². The average molecular weight is 264 g/mol. The molecule has 2 rings (SSSR count). The van der Waals surface area contributed by atoms with Crippen molar-refractivity contribution in [1.82, 2.24) is 5.16 Å². The fourth-order valence-corrected chi connectivity index (χ4v) is 1.49. The molecule has 1 aromatic carbocycles. The van der Waals surface area contributed by atoms with Crippen molar-refractivity contribution in [1.29, 1.82) is 0 Å². The Labute approximate surface area is 87.1 Å². The molecule has 0 fully saturated rings. The first-order valence-corrected chi connectivity index (χ1v) is 4.61. The van der Waals surface area contributed by atoms with Crippen LogP contribution in [0.5, 0.6) is 0 Å². The van der Waals surface area contributed by atoms with Crippen LogP contribution in [0.1, 0.15) is 0 Å². The topological polar surface area (TPSA) is 39.1 Å². The second-order valence-electron chi connectivity index (χ2n) is 2.37. The molecule has 0 saturated carbocycles. The molecule has 68 valence electrons. The third-order valence-corrected chi connectivity index (χ3v) is 2.79. The van der Waals surface area contributed by atoms with Crippen molar-refractivity contribution < 1.29 is 14.4 Å². The van der Waals surface area contributed by atoms with Crippen molar-refractivity contribution in [2.24, 2.45) is 0 Å². The summed E-state index contributed by atoms with van der Waals surface area (Å²) in [4.78, 5) is 6.09. The van der Waals surface area contributed by atoms with Gasteiger partial charge >= 0.3 is 0 Å².